The van der Waals surface area contributed by atoms with Crippen molar-refractivity contribution in [3.63, 3.8) is 0 Å². The van der Waals surface area contributed by atoms with Crippen LogP contribution in [0.3, 0.4) is 0 Å². The van der Waals surface area contributed by atoms with Crippen LogP contribution >= 0.6 is 0 Å². The van der Waals surface area contributed by atoms with Gasteiger partial charge in [0.1, 0.15) is 0 Å². The zero-order chi connectivity index (χ0) is 14.0. The third-order valence-corrected chi connectivity index (χ3v) is 3.57. The molecule has 1 amide bonds. The Labute approximate surface area is 112 Å². The lowest BCUT2D eigenvalue weighted by atomic mass is 9.96. The van der Waals surface area contributed by atoms with Crippen LogP contribution in [0.2, 0.25) is 0 Å². The van der Waals surface area contributed by atoms with Gasteiger partial charge in [-0.15, -0.1) is 0 Å². The number of carbonyl (C=O) groups excluding carboxylic acids is 1. The number of hydrogen-bond donors (Lipinski definition) is 1. The minimum Gasteiger partial charge on any atom is -0.493 e. The molecule has 5 heteroatoms. The topological polar surface area (TPSA) is 70.8 Å². The highest BCUT2D eigenvalue weighted by Crippen LogP contribution is 2.50. The van der Waals surface area contributed by atoms with E-state index in [1.54, 1.807) is 21.3 Å². The molecular formula is C14H19NO4. The second kappa shape index (κ2) is 5.38. The third-order valence-electron chi connectivity index (χ3n) is 3.57. The van der Waals surface area contributed by atoms with E-state index in [0.717, 1.165) is 24.0 Å². The van der Waals surface area contributed by atoms with Crippen LogP contribution in [0.1, 0.15) is 29.9 Å². The molecular weight excluding hydrogens is 246 g/mol. The first-order valence-corrected chi connectivity index (χ1v) is 6.22. The smallest absolute Gasteiger partial charge is 0.218 e. The standard InChI is InChI=1S/C14H19NO4/c1-17-10-6-8-4-5-9(7-11(15)16)12(8)14(19-3)13(10)18-2/h6,9H,4-5,7H2,1-3H3,(H2,15,16). The molecule has 0 saturated heterocycles. The van der Waals surface area contributed by atoms with Gasteiger partial charge in [-0.25, -0.2) is 0 Å². The number of hydrogen-bond acceptors (Lipinski definition) is 4. The van der Waals surface area contributed by atoms with Crippen molar-refractivity contribution in [3.8, 4) is 17.2 Å². The zero-order valence-electron chi connectivity index (χ0n) is 11.5. The fourth-order valence-electron chi connectivity index (χ4n) is 2.80. The van der Waals surface area contributed by atoms with Crippen molar-refractivity contribution < 1.29 is 19.0 Å². The number of rotatable bonds is 5. The predicted octanol–water partition coefficient (Wildman–Crippen LogP) is 1.62. The molecule has 1 aromatic rings. The van der Waals surface area contributed by atoms with Gasteiger partial charge >= 0.3 is 0 Å². The van der Waals surface area contributed by atoms with Crippen molar-refractivity contribution >= 4 is 5.91 Å². The first kappa shape index (κ1) is 13.5. The van der Waals surface area contributed by atoms with E-state index >= 15 is 0 Å². The summed E-state index contributed by atoms with van der Waals surface area (Å²) in [6.45, 7) is 0. The van der Waals surface area contributed by atoms with Gasteiger partial charge in [0.05, 0.1) is 21.3 Å². The highest BCUT2D eigenvalue weighted by molar-refractivity contribution is 5.76. The lowest BCUT2D eigenvalue weighted by Gasteiger charge is -2.19. The van der Waals surface area contributed by atoms with Gasteiger partial charge in [-0.2, -0.15) is 0 Å². The number of benzene rings is 1. The molecule has 0 bridgehead atoms. The third kappa shape index (κ3) is 2.32. The van der Waals surface area contributed by atoms with Crippen molar-refractivity contribution in [1.29, 1.82) is 0 Å². The molecule has 0 spiro atoms. The van der Waals surface area contributed by atoms with Crippen molar-refractivity contribution in [3.05, 3.63) is 17.2 Å². The van der Waals surface area contributed by atoms with Crippen LogP contribution in [0.25, 0.3) is 0 Å². The van der Waals surface area contributed by atoms with Gasteiger partial charge in [0.15, 0.2) is 11.5 Å². The van der Waals surface area contributed by atoms with E-state index < -0.39 is 0 Å². The van der Waals surface area contributed by atoms with E-state index in [1.165, 1.54) is 0 Å². The Kier molecular flexibility index (Phi) is 3.83. The van der Waals surface area contributed by atoms with Gasteiger partial charge in [0, 0.05) is 12.0 Å². The molecule has 1 atom stereocenters. The molecule has 19 heavy (non-hydrogen) atoms. The normalized spacial score (nSPS) is 16.9. The van der Waals surface area contributed by atoms with Crippen molar-refractivity contribution in [2.45, 2.75) is 25.2 Å². The largest absolute Gasteiger partial charge is 0.493 e. The van der Waals surface area contributed by atoms with E-state index in [2.05, 4.69) is 0 Å². The van der Waals surface area contributed by atoms with Crippen molar-refractivity contribution in [2.24, 2.45) is 5.73 Å². The maximum absolute atomic E-state index is 11.2. The summed E-state index contributed by atoms with van der Waals surface area (Å²) < 4.78 is 16.2. The van der Waals surface area contributed by atoms with Crippen molar-refractivity contribution in [2.75, 3.05) is 21.3 Å². The summed E-state index contributed by atoms with van der Waals surface area (Å²) in [5.74, 6) is 1.68. The van der Waals surface area contributed by atoms with Crippen LogP contribution in [-0.4, -0.2) is 27.2 Å². The first-order chi connectivity index (χ1) is 9.12. The fraction of sp³-hybridized carbons (Fsp3) is 0.500. The summed E-state index contributed by atoms with van der Waals surface area (Å²) >= 11 is 0. The molecule has 1 aliphatic rings. The van der Waals surface area contributed by atoms with Gasteiger partial charge in [-0.05, 0) is 30.4 Å². The van der Waals surface area contributed by atoms with Gasteiger partial charge in [0.2, 0.25) is 11.7 Å². The van der Waals surface area contributed by atoms with E-state index in [1.807, 2.05) is 6.07 Å². The van der Waals surface area contributed by atoms with E-state index in [9.17, 15) is 4.79 Å². The van der Waals surface area contributed by atoms with Crippen LogP contribution in [-0.2, 0) is 11.2 Å². The van der Waals surface area contributed by atoms with Crippen LogP contribution in [0.15, 0.2) is 6.07 Å². The molecule has 0 saturated carbocycles. The monoisotopic (exact) mass is 265 g/mol. The maximum atomic E-state index is 11.2. The number of fused-ring (bicyclic) bond motifs is 1. The Bertz CT molecular complexity index is 499. The second-order valence-corrected chi connectivity index (χ2v) is 4.62. The molecule has 1 aliphatic carbocycles. The highest BCUT2D eigenvalue weighted by Gasteiger charge is 2.31. The maximum Gasteiger partial charge on any atom is 0.218 e. The number of methoxy groups -OCH3 is 3. The fourth-order valence-corrected chi connectivity index (χ4v) is 2.80. The van der Waals surface area contributed by atoms with E-state index in [4.69, 9.17) is 19.9 Å². The zero-order valence-corrected chi connectivity index (χ0v) is 11.5. The molecule has 0 radical (unpaired) electrons. The summed E-state index contributed by atoms with van der Waals surface area (Å²) in [4.78, 5) is 11.2. The molecule has 0 aromatic heterocycles. The molecule has 0 aliphatic heterocycles. The number of ether oxygens (including phenoxy) is 3. The van der Waals surface area contributed by atoms with Gasteiger partial charge < -0.3 is 19.9 Å². The summed E-state index contributed by atoms with van der Waals surface area (Å²) in [6, 6.07) is 1.96. The number of nitrogens with two attached hydrogens (primary N) is 1. The Morgan fingerprint density at radius 3 is 2.47 bits per heavy atom. The van der Waals surface area contributed by atoms with E-state index in [-0.39, 0.29) is 11.8 Å². The van der Waals surface area contributed by atoms with Crippen LogP contribution in [0, 0.1) is 0 Å². The minimum absolute atomic E-state index is 0.0993. The highest BCUT2D eigenvalue weighted by atomic mass is 16.5. The SMILES string of the molecule is COc1cc2c(c(OC)c1OC)C(CC(N)=O)CC2. The predicted molar refractivity (Wildman–Crippen MR) is 71.0 cm³/mol. The van der Waals surface area contributed by atoms with Crippen LogP contribution in [0.5, 0.6) is 17.2 Å². The van der Waals surface area contributed by atoms with Crippen LogP contribution < -0.4 is 19.9 Å². The molecule has 1 unspecified atom stereocenters. The lowest BCUT2D eigenvalue weighted by molar-refractivity contribution is -0.118. The molecule has 2 rings (SSSR count). The quantitative estimate of drug-likeness (QED) is 0.878. The summed E-state index contributed by atoms with van der Waals surface area (Å²) in [6.07, 6.45) is 2.12. The molecule has 5 nitrogen and oxygen atoms in total. The number of primary amides is 1. The minimum atomic E-state index is -0.297. The van der Waals surface area contributed by atoms with Gasteiger partial charge in [0.25, 0.3) is 0 Å². The van der Waals surface area contributed by atoms with Gasteiger partial charge in [-0.3, -0.25) is 4.79 Å². The number of aryl methyl sites for hydroxylation is 1. The Hall–Kier alpha value is -1.91. The van der Waals surface area contributed by atoms with E-state index in [0.29, 0.717) is 23.7 Å². The summed E-state index contributed by atoms with van der Waals surface area (Å²) in [7, 11) is 4.77. The Balaban J connectivity index is 2.54. The molecule has 104 valence electrons. The van der Waals surface area contributed by atoms with Gasteiger partial charge in [-0.1, -0.05) is 0 Å². The number of carbonyl (C=O) groups is 1. The van der Waals surface area contributed by atoms with Crippen molar-refractivity contribution in [1.82, 2.24) is 0 Å². The Morgan fingerprint density at radius 1 is 1.26 bits per heavy atom. The molecule has 1 aromatic carbocycles. The summed E-state index contributed by atoms with van der Waals surface area (Å²) in [5, 5.41) is 0. The van der Waals surface area contributed by atoms with Crippen LogP contribution in [0.4, 0.5) is 0 Å². The second-order valence-electron chi connectivity index (χ2n) is 4.62. The average molecular weight is 265 g/mol. The number of amides is 1. The Morgan fingerprint density at radius 2 is 1.95 bits per heavy atom. The first-order valence-electron chi connectivity index (χ1n) is 6.22. The molecule has 0 fully saturated rings. The molecule has 2 N–H and O–H groups in total. The summed E-state index contributed by atoms with van der Waals surface area (Å²) in [5.41, 5.74) is 7.48. The molecule has 0 heterocycles. The average Bonchev–Trinajstić information content (AvgIpc) is 2.78. The lowest BCUT2D eigenvalue weighted by Crippen LogP contribution is -2.14.